The lowest BCUT2D eigenvalue weighted by atomic mass is 9.93. The molecule has 0 spiro atoms. The molecule has 0 radical (unpaired) electrons. The number of ether oxygens (including phenoxy) is 2. The topological polar surface area (TPSA) is 114 Å². The normalized spacial score (nSPS) is 19.8. The maximum absolute atomic E-state index is 16.8. The highest BCUT2D eigenvalue weighted by atomic mass is 32.2. The summed E-state index contributed by atoms with van der Waals surface area (Å²) in [6.45, 7) is 9.05. The first-order chi connectivity index (χ1) is 24.5. The van der Waals surface area contributed by atoms with Gasteiger partial charge in [-0.2, -0.15) is 13.5 Å². The molecule has 2 saturated heterocycles. The number of carbonyl (C=O) groups is 2. The van der Waals surface area contributed by atoms with E-state index in [1.54, 1.807) is 45.0 Å². The van der Waals surface area contributed by atoms with Gasteiger partial charge in [0, 0.05) is 23.7 Å². The number of hydrogen-bond donors (Lipinski definition) is 2. The number of carbonyl (C=O) groups excluding carboxylic acids is 2. The van der Waals surface area contributed by atoms with E-state index in [-0.39, 0.29) is 17.0 Å². The zero-order valence-corrected chi connectivity index (χ0v) is 30.8. The average Bonchev–Trinajstić information content (AvgIpc) is 3.35. The lowest BCUT2D eigenvalue weighted by molar-refractivity contribution is -0.149. The average molecular weight is 734 g/mol. The van der Waals surface area contributed by atoms with Crippen LogP contribution in [0, 0.1) is 0 Å². The standard InChI is InChI=1S/C40H45F2N3O6S/c1-25(2)50-34-19-13-29-22-35(20-14-28(29)21-34)52(48,49)44-36(40(41,42)30-15-11-27(12-16-30)26-9-7-6-8-10-26)37(46)45-32-17-18-33(45)24-31(23-32)43-38(47)51-39(3,4)5/h6-16,19-22,25,31-33,36,44H,17-18,23-24H2,1-5H3,(H,43,47). The molecule has 0 saturated carbocycles. The van der Waals surface area contributed by atoms with Crippen molar-refractivity contribution in [3.63, 3.8) is 0 Å². The summed E-state index contributed by atoms with van der Waals surface area (Å²) in [5.41, 5.74) is 0.312. The Hall–Kier alpha value is -4.55. The summed E-state index contributed by atoms with van der Waals surface area (Å²) in [4.78, 5) is 28.1. The second-order valence-electron chi connectivity index (χ2n) is 14.9. The van der Waals surface area contributed by atoms with Crippen molar-refractivity contribution in [1.29, 1.82) is 0 Å². The van der Waals surface area contributed by atoms with Crippen molar-refractivity contribution in [2.75, 3.05) is 0 Å². The molecule has 12 heteroatoms. The molecule has 2 fully saturated rings. The number of alkyl carbamates (subject to hydrolysis) is 1. The van der Waals surface area contributed by atoms with Crippen LogP contribution in [0.4, 0.5) is 13.6 Å². The molecule has 2 amide bonds. The van der Waals surface area contributed by atoms with Crippen LogP contribution in [0.5, 0.6) is 5.75 Å². The summed E-state index contributed by atoms with van der Waals surface area (Å²) in [7, 11) is -4.65. The van der Waals surface area contributed by atoms with Gasteiger partial charge in [-0.25, -0.2) is 13.2 Å². The van der Waals surface area contributed by atoms with Crippen molar-refractivity contribution in [3.8, 4) is 16.9 Å². The molecule has 2 aliphatic heterocycles. The van der Waals surface area contributed by atoms with E-state index in [4.69, 9.17) is 9.47 Å². The van der Waals surface area contributed by atoms with Crippen LogP contribution >= 0.6 is 0 Å². The molecule has 4 aromatic rings. The quantitative estimate of drug-likeness (QED) is 0.172. The van der Waals surface area contributed by atoms with Gasteiger partial charge >= 0.3 is 6.09 Å². The number of fused-ring (bicyclic) bond motifs is 3. The molecule has 0 aliphatic carbocycles. The van der Waals surface area contributed by atoms with Crippen LogP contribution in [0.3, 0.4) is 0 Å². The van der Waals surface area contributed by atoms with E-state index < -0.39 is 57.2 Å². The monoisotopic (exact) mass is 733 g/mol. The number of nitrogens with zero attached hydrogens (tertiary/aromatic N) is 1. The Morgan fingerprint density at radius 2 is 1.42 bits per heavy atom. The number of rotatable bonds is 10. The number of benzene rings is 4. The lowest BCUT2D eigenvalue weighted by Gasteiger charge is -2.42. The predicted molar refractivity (Wildman–Crippen MR) is 196 cm³/mol. The highest BCUT2D eigenvalue weighted by molar-refractivity contribution is 7.89. The van der Waals surface area contributed by atoms with Crippen molar-refractivity contribution in [2.45, 2.75) is 107 Å². The minimum absolute atomic E-state index is 0.0609. The molecule has 0 aromatic heterocycles. The molecule has 6 rings (SSSR count). The van der Waals surface area contributed by atoms with Gasteiger partial charge in [-0.15, -0.1) is 0 Å². The van der Waals surface area contributed by atoms with Crippen molar-refractivity contribution >= 4 is 32.8 Å². The number of halogens is 2. The molecule has 2 bridgehead atoms. The van der Waals surface area contributed by atoms with Crippen LogP contribution in [0.1, 0.15) is 65.9 Å². The number of amides is 2. The number of alkyl halides is 2. The van der Waals surface area contributed by atoms with Gasteiger partial charge in [-0.05, 0) is 106 Å². The van der Waals surface area contributed by atoms with Crippen molar-refractivity contribution in [3.05, 3.63) is 96.6 Å². The molecule has 52 heavy (non-hydrogen) atoms. The Labute approximate surface area is 303 Å². The Kier molecular flexibility index (Phi) is 10.4. The first-order valence-electron chi connectivity index (χ1n) is 17.6. The first kappa shape index (κ1) is 37.2. The highest BCUT2D eigenvalue weighted by Crippen LogP contribution is 2.41. The van der Waals surface area contributed by atoms with Crippen LogP contribution in [0.2, 0.25) is 0 Å². The van der Waals surface area contributed by atoms with Gasteiger partial charge in [0.1, 0.15) is 11.4 Å². The largest absolute Gasteiger partial charge is 0.491 e. The Morgan fingerprint density at radius 1 is 0.827 bits per heavy atom. The van der Waals surface area contributed by atoms with Crippen molar-refractivity contribution < 1.29 is 36.3 Å². The molecule has 3 atom stereocenters. The van der Waals surface area contributed by atoms with Gasteiger partial charge in [0.2, 0.25) is 15.9 Å². The zero-order valence-electron chi connectivity index (χ0n) is 29.9. The first-order valence-corrected chi connectivity index (χ1v) is 19.1. The van der Waals surface area contributed by atoms with Gasteiger partial charge in [-0.3, -0.25) is 4.79 Å². The van der Waals surface area contributed by atoms with Crippen molar-refractivity contribution in [2.24, 2.45) is 0 Å². The second kappa shape index (κ2) is 14.5. The number of piperidine rings is 1. The van der Waals surface area contributed by atoms with E-state index in [0.717, 1.165) is 5.56 Å². The minimum atomic E-state index is -4.65. The summed E-state index contributed by atoms with van der Waals surface area (Å²) in [5.74, 6) is -4.34. The van der Waals surface area contributed by atoms with Gasteiger partial charge in [-0.1, -0.05) is 66.7 Å². The summed E-state index contributed by atoms with van der Waals surface area (Å²) in [6, 6.07) is 20.5. The number of hydrogen-bond acceptors (Lipinski definition) is 6. The molecule has 2 aliphatic rings. The van der Waals surface area contributed by atoms with E-state index in [9.17, 15) is 18.0 Å². The summed E-state index contributed by atoms with van der Waals surface area (Å²) in [5, 5.41) is 4.12. The number of sulfonamides is 1. The second-order valence-corrected chi connectivity index (χ2v) is 16.6. The zero-order chi connectivity index (χ0) is 37.4. The molecular weight excluding hydrogens is 689 g/mol. The predicted octanol–water partition coefficient (Wildman–Crippen LogP) is 7.78. The molecule has 2 N–H and O–H groups in total. The molecule has 9 nitrogen and oxygen atoms in total. The smallest absolute Gasteiger partial charge is 0.407 e. The summed E-state index contributed by atoms with van der Waals surface area (Å²) < 4.78 is 74.9. The minimum Gasteiger partial charge on any atom is -0.491 e. The Balaban J connectivity index is 1.31. The van der Waals surface area contributed by atoms with E-state index in [1.807, 2.05) is 44.2 Å². The Bertz CT molecular complexity index is 2020. The van der Waals surface area contributed by atoms with Gasteiger partial charge < -0.3 is 19.7 Å². The SMILES string of the molecule is CC(C)Oc1ccc2cc(S(=O)(=O)NC(C(=O)N3C4CCC3CC(NC(=O)OC(C)(C)C)C4)C(F)(F)c3ccc(-c4ccccc4)cc3)ccc2c1. The highest BCUT2D eigenvalue weighted by Gasteiger charge is 2.54. The fourth-order valence-corrected chi connectivity index (χ4v) is 8.40. The Morgan fingerprint density at radius 3 is 2.04 bits per heavy atom. The summed E-state index contributed by atoms with van der Waals surface area (Å²) in [6.07, 6.45) is 1.07. The number of nitrogens with one attached hydrogen (secondary N) is 2. The third-order valence-electron chi connectivity index (χ3n) is 9.43. The third kappa shape index (κ3) is 8.23. The van der Waals surface area contributed by atoms with Gasteiger partial charge in [0.25, 0.3) is 5.92 Å². The maximum Gasteiger partial charge on any atom is 0.407 e. The molecule has 2 heterocycles. The van der Waals surface area contributed by atoms with Gasteiger partial charge in [0.05, 0.1) is 11.0 Å². The van der Waals surface area contributed by atoms with Crippen LogP contribution in [0.25, 0.3) is 21.9 Å². The van der Waals surface area contributed by atoms with Crippen LogP contribution in [-0.2, 0) is 25.5 Å². The molecular formula is C40H45F2N3O6S. The molecule has 276 valence electrons. The maximum atomic E-state index is 16.8. The fourth-order valence-electron chi connectivity index (χ4n) is 7.18. The van der Waals surface area contributed by atoms with Gasteiger partial charge in [0.15, 0.2) is 6.04 Å². The van der Waals surface area contributed by atoms with E-state index >= 15 is 8.78 Å². The third-order valence-corrected chi connectivity index (χ3v) is 10.9. The molecule has 4 aromatic carbocycles. The van der Waals surface area contributed by atoms with E-state index in [0.29, 0.717) is 47.8 Å². The van der Waals surface area contributed by atoms with E-state index in [1.165, 1.54) is 41.3 Å². The van der Waals surface area contributed by atoms with Crippen molar-refractivity contribution in [1.82, 2.24) is 14.9 Å². The molecule has 3 unspecified atom stereocenters. The van der Waals surface area contributed by atoms with Crippen LogP contribution < -0.4 is 14.8 Å². The van der Waals surface area contributed by atoms with Crippen LogP contribution in [-0.4, -0.2) is 61.2 Å². The lowest BCUT2D eigenvalue weighted by Crippen LogP contribution is -2.61. The van der Waals surface area contributed by atoms with E-state index in [2.05, 4.69) is 10.0 Å². The summed E-state index contributed by atoms with van der Waals surface area (Å²) >= 11 is 0. The van der Waals surface area contributed by atoms with Crippen LogP contribution in [0.15, 0.2) is 95.9 Å². The fraction of sp³-hybridized carbons (Fsp3) is 0.400.